The van der Waals surface area contributed by atoms with Crippen LogP contribution in [0.5, 0.6) is 5.75 Å². The van der Waals surface area contributed by atoms with Crippen LogP contribution in [0, 0.1) is 5.92 Å². The molecule has 10 heteroatoms. The summed E-state index contributed by atoms with van der Waals surface area (Å²) in [7, 11) is -0.845. The molecule has 2 N–H and O–H groups in total. The third-order valence-electron chi connectivity index (χ3n) is 3.52. The van der Waals surface area contributed by atoms with Gasteiger partial charge in [0.05, 0.1) is 18.2 Å². The molecule has 0 amide bonds. The molecule has 0 spiro atoms. The predicted molar refractivity (Wildman–Crippen MR) is 103 cm³/mol. The number of methoxy groups -OCH3 is 2. The molecule has 1 aromatic rings. The van der Waals surface area contributed by atoms with E-state index in [0.29, 0.717) is 36.1 Å². The van der Waals surface area contributed by atoms with E-state index in [2.05, 4.69) is 5.09 Å². The Kier molecular flexibility index (Phi) is 11.4. The summed E-state index contributed by atoms with van der Waals surface area (Å²) in [4.78, 5) is 9.76. The van der Waals surface area contributed by atoms with Crippen molar-refractivity contribution in [2.24, 2.45) is 5.92 Å². The molecule has 2 atom stereocenters. The summed E-state index contributed by atoms with van der Waals surface area (Å²) in [6.07, 6.45) is -0.564. The van der Waals surface area contributed by atoms with Gasteiger partial charge < -0.3 is 23.8 Å². The zero-order valence-corrected chi connectivity index (χ0v) is 17.8. The molecule has 0 aromatic heterocycles. The lowest BCUT2D eigenvalue weighted by Gasteiger charge is -2.17. The van der Waals surface area contributed by atoms with Crippen LogP contribution in [0.25, 0.3) is 0 Å². The lowest BCUT2D eigenvalue weighted by molar-refractivity contribution is -0.105. The van der Waals surface area contributed by atoms with E-state index in [1.807, 2.05) is 13.8 Å². The van der Waals surface area contributed by atoms with Crippen LogP contribution in [-0.2, 0) is 23.3 Å². The highest BCUT2D eigenvalue weighted by Crippen LogP contribution is 2.36. The van der Waals surface area contributed by atoms with E-state index in [-0.39, 0.29) is 19.1 Å². The van der Waals surface area contributed by atoms with Crippen LogP contribution in [0.3, 0.4) is 0 Å². The van der Waals surface area contributed by atoms with E-state index in [1.54, 1.807) is 18.2 Å². The van der Waals surface area contributed by atoms with Gasteiger partial charge in [0, 0.05) is 32.9 Å². The summed E-state index contributed by atoms with van der Waals surface area (Å²) in [5, 5.41) is 2.94. The largest absolute Gasteiger partial charge is 0.491 e. The number of rotatable bonds is 14. The molecule has 1 rings (SSSR count). The van der Waals surface area contributed by atoms with Crippen molar-refractivity contribution < 1.29 is 32.9 Å². The number of nitrogens with one attached hydrogen (secondary N) is 1. The Morgan fingerprint density at radius 2 is 1.96 bits per heavy atom. The molecule has 27 heavy (non-hydrogen) atoms. The molecule has 0 saturated heterocycles. The molecule has 156 valence electrons. The van der Waals surface area contributed by atoms with Gasteiger partial charge in [-0.15, -0.1) is 0 Å². The van der Waals surface area contributed by atoms with Crippen molar-refractivity contribution in [3.05, 3.63) is 28.8 Å². The van der Waals surface area contributed by atoms with Gasteiger partial charge in [0.15, 0.2) is 6.29 Å². The SMILES string of the molecule is CCOCC(C)CNP(=O)(O)OCCOc1ccc(C(OC)OC)c(Cl)c1. The maximum absolute atomic E-state index is 11.9. The number of hydrogen-bond acceptors (Lipinski definition) is 6. The lowest BCUT2D eigenvalue weighted by atomic mass is 10.2. The molecule has 1 aromatic carbocycles. The van der Waals surface area contributed by atoms with Crippen LogP contribution in [-0.4, -0.2) is 52.1 Å². The molecular weight excluding hydrogens is 397 g/mol. The molecule has 0 heterocycles. The van der Waals surface area contributed by atoms with E-state index < -0.39 is 14.0 Å². The Balaban J connectivity index is 2.38. The average molecular weight is 426 g/mol. The second-order valence-electron chi connectivity index (χ2n) is 5.82. The fourth-order valence-corrected chi connectivity index (χ4v) is 3.37. The molecule has 0 saturated carbocycles. The highest BCUT2D eigenvalue weighted by molar-refractivity contribution is 7.50. The minimum Gasteiger partial charge on any atom is -0.491 e. The average Bonchev–Trinajstić information content (AvgIpc) is 2.64. The van der Waals surface area contributed by atoms with Crippen molar-refractivity contribution in [1.82, 2.24) is 5.09 Å². The van der Waals surface area contributed by atoms with Gasteiger partial charge in [-0.1, -0.05) is 18.5 Å². The zero-order valence-electron chi connectivity index (χ0n) is 16.1. The Morgan fingerprint density at radius 3 is 2.56 bits per heavy atom. The first-order chi connectivity index (χ1) is 12.8. The van der Waals surface area contributed by atoms with Gasteiger partial charge in [-0.3, -0.25) is 4.52 Å². The smallest absolute Gasteiger partial charge is 0.403 e. The van der Waals surface area contributed by atoms with E-state index in [4.69, 9.17) is 35.1 Å². The Hall–Kier alpha value is -0.700. The van der Waals surface area contributed by atoms with Crippen LogP contribution in [0.2, 0.25) is 5.02 Å². The first kappa shape index (κ1) is 24.3. The van der Waals surface area contributed by atoms with Gasteiger partial charge in [0.1, 0.15) is 12.4 Å². The predicted octanol–water partition coefficient (Wildman–Crippen LogP) is 3.39. The Labute approximate surface area is 165 Å². The lowest BCUT2D eigenvalue weighted by Crippen LogP contribution is -2.23. The maximum atomic E-state index is 11.9. The highest BCUT2D eigenvalue weighted by atomic mass is 35.5. The van der Waals surface area contributed by atoms with Crippen molar-refractivity contribution in [3.8, 4) is 5.75 Å². The Morgan fingerprint density at radius 1 is 1.26 bits per heavy atom. The second kappa shape index (κ2) is 12.7. The van der Waals surface area contributed by atoms with Gasteiger partial charge in [-0.05, 0) is 31.0 Å². The van der Waals surface area contributed by atoms with E-state index >= 15 is 0 Å². The van der Waals surface area contributed by atoms with E-state index in [9.17, 15) is 9.46 Å². The number of ether oxygens (including phenoxy) is 4. The van der Waals surface area contributed by atoms with Crippen molar-refractivity contribution >= 4 is 19.3 Å². The third kappa shape index (κ3) is 9.36. The maximum Gasteiger partial charge on any atom is 0.403 e. The van der Waals surface area contributed by atoms with Crippen LogP contribution in [0.15, 0.2) is 18.2 Å². The summed E-state index contributed by atoms with van der Waals surface area (Å²) in [5.41, 5.74) is 0.676. The third-order valence-corrected chi connectivity index (χ3v) is 4.96. The van der Waals surface area contributed by atoms with Crippen LogP contribution in [0.4, 0.5) is 0 Å². The molecule has 0 radical (unpaired) electrons. The highest BCUT2D eigenvalue weighted by Gasteiger charge is 2.20. The summed E-state index contributed by atoms with van der Waals surface area (Å²) in [6.45, 7) is 5.28. The molecule has 2 unspecified atom stereocenters. The molecule has 8 nitrogen and oxygen atoms in total. The number of halogens is 1. The van der Waals surface area contributed by atoms with Crippen LogP contribution in [0.1, 0.15) is 25.7 Å². The fourth-order valence-electron chi connectivity index (χ4n) is 2.15. The first-order valence-corrected chi connectivity index (χ1v) is 10.6. The molecule has 0 aliphatic heterocycles. The van der Waals surface area contributed by atoms with Crippen LogP contribution >= 0.6 is 19.3 Å². The van der Waals surface area contributed by atoms with Crippen LogP contribution < -0.4 is 9.82 Å². The fraction of sp³-hybridized carbons (Fsp3) is 0.647. The molecule has 0 fully saturated rings. The Bertz CT molecular complexity index is 601. The monoisotopic (exact) mass is 425 g/mol. The minimum absolute atomic E-state index is 0.0568. The van der Waals surface area contributed by atoms with Crippen molar-refractivity contribution in [2.45, 2.75) is 20.1 Å². The van der Waals surface area contributed by atoms with Crippen molar-refractivity contribution in [3.63, 3.8) is 0 Å². The van der Waals surface area contributed by atoms with E-state index in [1.165, 1.54) is 14.2 Å². The summed E-state index contributed by atoms with van der Waals surface area (Å²) in [6, 6.07) is 5.06. The molecule has 0 aliphatic carbocycles. The normalized spacial score (nSPS) is 14.9. The molecular formula is C17H29ClNO7P. The second-order valence-corrected chi connectivity index (χ2v) is 7.84. The van der Waals surface area contributed by atoms with Crippen molar-refractivity contribution in [1.29, 1.82) is 0 Å². The van der Waals surface area contributed by atoms with E-state index in [0.717, 1.165) is 0 Å². The van der Waals surface area contributed by atoms with Gasteiger partial charge in [-0.25, -0.2) is 9.65 Å². The summed E-state index contributed by atoms with van der Waals surface area (Å²) in [5.74, 6) is 0.596. The van der Waals surface area contributed by atoms with Gasteiger partial charge in [0.2, 0.25) is 0 Å². The minimum atomic E-state index is -3.88. The van der Waals surface area contributed by atoms with Gasteiger partial charge in [0.25, 0.3) is 0 Å². The summed E-state index contributed by atoms with van der Waals surface area (Å²) < 4.78 is 38.0. The topological polar surface area (TPSA) is 95.5 Å². The number of hydrogen-bond donors (Lipinski definition) is 2. The molecule has 0 bridgehead atoms. The van der Waals surface area contributed by atoms with Gasteiger partial charge >= 0.3 is 7.75 Å². The first-order valence-electron chi connectivity index (χ1n) is 8.61. The summed E-state index contributed by atoms with van der Waals surface area (Å²) >= 11 is 6.20. The van der Waals surface area contributed by atoms with Gasteiger partial charge in [-0.2, -0.15) is 0 Å². The molecule has 0 aliphatic rings. The number of benzene rings is 1. The standard InChI is InChI=1S/C17H29ClNO7P/c1-5-24-12-13(2)11-19-27(20,21)26-9-8-25-14-6-7-15(16(18)10-14)17(22-3)23-4/h6-7,10,13,17H,5,8-9,11-12H2,1-4H3,(H2,19,20,21). The quantitative estimate of drug-likeness (QED) is 0.266. The zero-order chi connectivity index (χ0) is 20.3. The van der Waals surface area contributed by atoms with Crippen molar-refractivity contribution in [2.75, 3.05) is 47.2 Å².